The first-order valence-corrected chi connectivity index (χ1v) is 4.55. The summed E-state index contributed by atoms with van der Waals surface area (Å²) in [5.41, 5.74) is 0. The molecule has 0 radical (unpaired) electrons. The molecule has 0 aromatic rings. The molecule has 0 saturated carbocycles. The molecule has 1 nitrogen and oxygen atoms in total. The van der Waals surface area contributed by atoms with E-state index in [-0.39, 0.29) is 1.43 Å². The van der Waals surface area contributed by atoms with Crippen LogP contribution in [0.1, 0.15) is 48.4 Å². The maximum Gasteiger partial charge on any atom is 0.00412 e. The third kappa shape index (κ3) is 3.89. The molecule has 1 saturated heterocycles. The quantitative estimate of drug-likeness (QED) is 0.552. The second kappa shape index (κ2) is 5.72. The van der Waals surface area contributed by atoms with E-state index >= 15 is 0 Å². The van der Waals surface area contributed by atoms with Gasteiger partial charge in [0.15, 0.2) is 0 Å². The second-order valence-electron chi connectivity index (χ2n) is 2.90. The van der Waals surface area contributed by atoms with Gasteiger partial charge in [-0.05, 0) is 26.7 Å². The van der Waals surface area contributed by atoms with Gasteiger partial charge in [0.05, 0.1) is 0 Å². The summed E-state index contributed by atoms with van der Waals surface area (Å²) in [6.07, 6.45) is 4.14. The fraction of sp³-hybridized carbons (Fsp3) is 1.00. The van der Waals surface area contributed by atoms with E-state index in [1.807, 2.05) is 13.8 Å². The van der Waals surface area contributed by atoms with Crippen LogP contribution in [0.15, 0.2) is 0 Å². The van der Waals surface area contributed by atoms with Crippen LogP contribution in [-0.4, -0.2) is 12.1 Å². The molecular formula is C9H23N. The van der Waals surface area contributed by atoms with Gasteiger partial charge in [-0.1, -0.05) is 20.3 Å². The Kier molecular flexibility index (Phi) is 5.70. The Morgan fingerprint density at radius 1 is 1.10 bits per heavy atom. The molecule has 0 aromatic carbocycles. The minimum absolute atomic E-state index is 0. The van der Waals surface area contributed by atoms with Crippen LogP contribution in [-0.2, 0) is 0 Å². The zero-order valence-corrected chi connectivity index (χ0v) is 7.78. The Bertz CT molecular complexity index is 68.0. The Morgan fingerprint density at radius 3 is 1.70 bits per heavy atom. The summed E-state index contributed by atoms with van der Waals surface area (Å²) < 4.78 is 0. The second-order valence-corrected chi connectivity index (χ2v) is 2.90. The van der Waals surface area contributed by atoms with Gasteiger partial charge in [-0.15, -0.1) is 0 Å². The third-order valence-electron chi connectivity index (χ3n) is 1.84. The maximum absolute atomic E-state index is 3.48. The lowest BCUT2D eigenvalue weighted by molar-refractivity contribution is 0.352. The highest BCUT2D eigenvalue weighted by Gasteiger charge is 2.11. The van der Waals surface area contributed by atoms with Crippen molar-refractivity contribution in [2.45, 2.75) is 59.0 Å². The molecule has 1 heteroatoms. The SMILES string of the molecule is CC.CC1CCCC(C)N1.[HH]. The van der Waals surface area contributed by atoms with E-state index in [4.69, 9.17) is 0 Å². The van der Waals surface area contributed by atoms with Gasteiger partial charge in [-0.25, -0.2) is 0 Å². The van der Waals surface area contributed by atoms with Crippen LogP contribution in [0.5, 0.6) is 0 Å². The number of rotatable bonds is 0. The van der Waals surface area contributed by atoms with Gasteiger partial charge in [0.2, 0.25) is 0 Å². The first kappa shape index (κ1) is 9.96. The molecule has 0 spiro atoms. The lowest BCUT2D eigenvalue weighted by Gasteiger charge is -2.25. The Balaban J connectivity index is 0. The van der Waals surface area contributed by atoms with Crippen molar-refractivity contribution in [3.05, 3.63) is 0 Å². The minimum atomic E-state index is 0. The molecule has 1 rings (SSSR count). The molecule has 1 fully saturated rings. The Morgan fingerprint density at radius 2 is 1.50 bits per heavy atom. The first-order chi connectivity index (χ1) is 4.79. The van der Waals surface area contributed by atoms with E-state index in [1.54, 1.807) is 0 Å². The Labute approximate surface area is 66.7 Å². The third-order valence-corrected chi connectivity index (χ3v) is 1.84. The zero-order chi connectivity index (χ0) is 7.98. The number of hydrogen-bond acceptors (Lipinski definition) is 1. The summed E-state index contributed by atoms with van der Waals surface area (Å²) in [4.78, 5) is 0. The van der Waals surface area contributed by atoms with E-state index in [9.17, 15) is 0 Å². The normalized spacial score (nSPS) is 32.4. The van der Waals surface area contributed by atoms with Crippen LogP contribution in [0.25, 0.3) is 0 Å². The molecule has 0 aromatic heterocycles. The average Bonchev–Trinajstić information content (AvgIpc) is 1.91. The van der Waals surface area contributed by atoms with E-state index in [1.165, 1.54) is 19.3 Å². The van der Waals surface area contributed by atoms with Crippen LogP contribution in [0.3, 0.4) is 0 Å². The predicted molar refractivity (Wildman–Crippen MR) is 49.4 cm³/mol. The van der Waals surface area contributed by atoms with Crippen molar-refractivity contribution in [3.8, 4) is 0 Å². The molecule has 10 heavy (non-hydrogen) atoms. The van der Waals surface area contributed by atoms with Crippen molar-refractivity contribution in [1.29, 1.82) is 0 Å². The largest absolute Gasteiger partial charge is 0.312 e. The molecule has 0 aliphatic carbocycles. The average molecular weight is 145 g/mol. The molecule has 0 bridgehead atoms. The Hall–Kier alpha value is -0.0400. The summed E-state index contributed by atoms with van der Waals surface area (Å²) in [5.74, 6) is 0. The van der Waals surface area contributed by atoms with Gasteiger partial charge in [0.25, 0.3) is 0 Å². The highest BCUT2D eigenvalue weighted by atomic mass is 14.9. The summed E-state index contributed by atoms with van der Waals surface area (Å²) in [6, 6.07) is 1.53. The lowest BCUT2D eigenvalue weighted by Crippen LogP contribution is -2.38. The topological polar surface area (TPSA) is 12.0 Å². The van der Waals surface area contributed by atoms with Crippen LogP contribution >= 0.6 is 0 Å². The number of hydrogen-bond donors (Lipinski definition) is 1. The summed E-state index contributed by atoms with van der Waals surface area (Å²) in [7, 11) is 0. The molecule has 1 heterocycles. The van der Waals surface area contributed by atoms with Gasteiger partial charge < -0.3 is 5.32 Å². The smallest absolute Gasteiger partial charge is 0.00412 e. The fourth-order valence-corrected chi connectivity index (χ4v) is 1.38. The van der Waals surface area contributed by atoms with E-state index in [0.717, 1.165) is 12.1 Å². The van der Waals surface area contributed by atoms with Crippen molar-refractivity contribution < 1.29 is 1.43 Å². The van der Waals surface area contributed by atoms with Crippen molar-refractivity contribution in [1.82, 2.24) is 5.32 Å². The maximum atomic E-state index is 3.48. The molecule has 2 atom stereocenters. The van der Waals surface area contributed by atoms with Crippen LogP contribution < -0.4 is 5.32 Å². The van der Waals surface area contributed by atoms with E-state index in [0.29, 0.717) is 0 Å². The van der Waals surface area contributed by atoms with Gasteiger partial charge in [-0.3, -0.25) is 0 Å². The van der Waals surface area contributed by atoms with Crippen molar-refractivity contribution in [2.75, 3.05) is 0 Å². The standard InChI is InChI=1S/C7H15N.C2H6.H2/c1-6-4-3-5-7(2)8-6;1-2;/h6-8H,3-5H2,1-2H3;1-2H3;1H. The van der Waals surface area contributed by atoms with E-state index < -0.39 is 0 Å². The van der Waals surface area contributed by atoms with Gasteiger partial charge in [0, 0.05) is 13.5 Å². The fourth-order valence-electron chi connectivity index (χ4n) is 1.38. The molecular weight excluding hydrogens is 122 g/mol. The minimum Gasteiger partial charge on any atom is -0.312 e. The molecule has 1 aliphatic rings. The number of piperidine rings is 1. The summed E-state index contributed by atoms with van der Waals surface area (Å²) >= 11 is 0. The molecule has 64 valence electrons. The van der Waals surface area contributed by atoms with E-state index in [2.05, 4.69) is 19.2 Å². The van der Waals surface area contributed by atoms with Gasteiger partial charge in [0.1, 0.15) is 0 Å². The van der Waals surface area contributed by atoms with Crippen molar-refractivity contribution in [3.63, 3.8) is 0 Å². The van der Waals surface area contributed by atoms with Gasteiger partial charge in [-0.2, -0.15) is 0 Å². The highest BCUT2D eigenvalue weighted by Crippen LogP contribution is 2.10. The predicted octanol–water partition coefficient (Wildman–Crippen LogP) is 2.81. The van der Waals surface area contributed by atoms with Crippen LogP contribution in [0.4, 0.5) is 0 Å². The highest BCUT2D eigenvalue weighted by molar-refractivity contribution is 4.73. The monoisotopic (exact) mass is 145 g/mol. The lowest BCUT2D eigenvalue weighted by atomic mass is 10.0. The first-order valence-electron chi connectivity index (χ1n) is 4.55. The van der Waals surface area contributed by atoms with Gasteiger partial charge >= 0.3 is 0 Å². The summed E-state index contributed by atoms with van der Waals surface area (Å²) in [5, 5.41) is 3.48. The zero-order valence-electron chi connectivity index (χ0n) is 7.78. The molecule has 1 aliphatic heterocycles. The molecule has 0 amide bonds. The van der Waals surface area contributed by atoms with Crippen LogP contribution in [0.2, 0.25) is 0 Å². The molecule has 1 N–H and O–H groups in total. The van der Waals surface area contributed by atoms with Crippen molar-refractivity contribution in [2.24, 2.45) is 0 Å². The summed E-state index contributed by atoms with van der Waals surface area (Å²) in [6.45, 7) is 8.52. The number of nitrogens with one attached hydrogen (secondary N) is 1. The van der Waals surface area contributed by atoms with Crippen molar-refractivity contribution >= 4 is 0 Å². The molecule has 2 unspecified atom stereocenters. The van der Waals surface area contributed by atoms with Crippen LogP contribution in [0, 0.1) is 0 Å².